The fourth-order valence-corrected chi connectivity index (χ4v) is 2.76. The molecule has 0 saturated carbocycles. The number of ether oxygens (including phenoxy) is 1. The number of unbranched alkanes of at least 4 members (excludes halogenated alkanes) is 1. The minimum atomic E-state index is -1.06. The molecule has 116 valence electrons. The van der Waals surface area contributed by atoms with Crippen LogP contribution in [-0.2, 0) is 9.53 Å². The Morgan fingerprint density at radius 1 is 1.40 bits per heavy atom. The molecule has 1 heterocycles. The predicted molar refractivity (Wildman–Crippen MR) is 82.8 cm³/mol. The van der Waals surface area contributed by atoms with E-state index in [1.54, 1.807) is 7.11 Å². The maximum atomic E-state index is 11.4. The van der Waals surface area contributed by atoms with Crippen molar-refractivity contribution < 1.29 is 14.6 Å². The van der Waals surface area contributed by atoms with Crippen LogP contribution in [0.25, 0.3) is 0 Å². The molecule has 1 rings (SSSR count). The van der Waals surface area contributed by atoms with E-state index in [4.69, 9.17) is 10.5 Å². The molecule has 1 aliphatic heterocycles. The summed E-state index contributed by atoms with van der Waals surface area (Å²) in [7, 11) is 3.86. The number of carbonyl (C=O) groups is 1. The van der Waals surface area contributed by atoms with Crippen molar-refractivity contribution in [1.82, 2.24) is 4.90 Å². The van der Waals surface area contributed by atoms with Gasteiger partial charge in [-0.2, -0.15) is 0 Å². The van der Waals surface area contributed by atoms with Crippen molar-refractivity contribution in [2.45, 2.75) is 56.5 Å². The number of hydrogen-bond acceptors (Lipinski definition) is 4. The number of hydrogen-bond donors (Lipinski definition) is 2. The van der Waals surface area contributed by atoms with Crippen LogP contribution in [0.4, 0.5) is 0 Å². The second-order valence-corrected chi connectivity index (χ2v) is 5.95. The van der Waals surface area contributed by atoms with Gasteiger partial charge in [-0.15, -0.1) is 0 Å². The topological polar surface area (TPSA) is 75.8 Å². The fourth-order valence-electron chi connectivity index (χ4n) is 2.76. The van der Waals surface area contributed by atoms with E-state index in [-0.39, 0.29) is 0 Å². The summed E-state index contributed by atoms with van der Waals surface area (Å²) in [6, 6.07) is 0. The summed E-state index contributed by atoms with van der Waals surface area (Å²) >= 11 is 0. The highest BCUT2D eigenvalue weighted by molar-refractivity contribution is 6.08. The van der Waals surface area contributed by atoms with Gasteiger partial charge in [0.05, 0.1) is 6.10 Å². The van der Waals surface area contributed by atoms with Crippen LogP contribution < -0.4 is 5.73 Å². The lowest BCUT2D eigenvalue weighted by molar-refractivity contribution is -0.144. The van der Waals surface area contributed by atoms with Crippen LogP contribution in [0.5, 0.6) is 0 Å². The van der Waals surface area contributed by atoms with E-state index in [1.807, 2.05) is 0 Å². The minimum absolute atomic E-state index is 0.359. The second-order valence-electron chi connectivity index (χ2n) is 5.95. The number of nitrogens with two attached hydrogens (primary N) is 1. The van der Waals surface area contributed by atoms with Gasteiger partial charge in [-0.3, -0.25) is 4.79 Å². The Morgan fingerprint density at radius 3 is 2.55 bits per heavy atom. The van der Waals surface area contributed by atoms with Crippen LogP contribution in [0.15, 0.2) is 0 Å². The SMILES string of the molecule is BCCCCC(N)(CCN1CCC(OC)CC1)C(=O)O. The summed E-state index contributed by atoms with van der Waals surface area (Å²) in [6.45, 7) is 2.72. The average Bonchev–Trinajstić information content (AvgIpc) is 2.46. The first kappa shape index (κ1) is 17.5. The molecule has 1 fully saturated rings. The zero-order chi connectivity index (χ0) is 15.0. The third-order valence-electron chi connectivity index (χ3n) is 4.39. The Balaban J connectivity index is 2.37. The average molecular weight is 284 g/mol. The lowest BCUT2D eigenvalue weighted by Gasteiger charge is -2.33. The van der Waals surface area contributed by atoms with E-state index in [9.17, 15) is 9.90 Å². The van der Waals surface area contributed by atoms with Gasteiger partial charge in [-0.05, 0) is 25.7 Å². The molecule has 6 heteroatoms. The molecule has 0 aliphatic carbocycles. The number of carboxylic acids is 1. The van der Waals surface area contributed by atoms with Crippen LogP contribution in [0.2, 0.25) is 6.32 Å². The molecular weight excluding hydrogens is 255 g/mol. The third-order valence-corrected chi connectivity index (χ3v) is 4.39. The quantitative estimate of drug-likeness (QED) is 0.476. The Kier molecular flexibility index (Phi) is 7.55. The van der Waals surface area contributed by atoms with Gasteiger partial charge in [0.2, 0.25) is 0 Å². The Hall–Kier alpha value is -0.585. The molecule has 0 spiro atoms. The maximum absolute atomic E-state index is 11.4. The normalized spacial score (nSPS) is 20.7. The van der Waals surface area contributed by atoms with Crippen molar-refractivity contribution in [3.63, 3.8) is 0 Å². The molecule has 1 unspecified atom stereocenters. The molecule has 0 bridgehead atoms. The lowest BCUT2D eigenvalue weighted by Crippen LogP contribution is -2.51. The van der Waals surface area contributed by atoms with Crippen LogP contribution in [0, 0.1) is 0 Å². The van der Waals surface area contributed by atoms with Crippen molar-refractivity contribution in [1.29, 1.82) is 0 Å². The van der Waals surface area contributed by atoms with Gasteiger partial charge < -0.3 is 20.5 Å². The largest absolute Gasteiger partial charge is 0.480 e. The number of likely N-dealkylation sites (tertiary alicyclic amines) is 1. The first-order chi connectivity index (χ1) is 9.51. The third kappa shape index (κ3) is 5.42. The van der Waals surface area contributed by atoms with Crippen LogP contribution >= 0.6 is 0 Å². The van der Waals surface area contributed by atoms with E-state index in [0.29, 0.717) is 18.9 Å². The summed E-state index contributed by atoms with van der Waals surface area (Å²) in [6.07, 6.45) is 6.54. The van der Waals surface area contributed by atoms with Crippen molar-refractivity contribution in [2.75, 3.05) is 26.7 Å². The molecule has 3 N–H and O–H groups in total. The molecule has 0 aromatic rings. The van der Waals surface area contributed by atoms with Crippen molar-refractivity contribution in [3.05, 3.63) is 0 Å². The van der Waals surface area contributed by atoms with E-state index in [1.165, 1.54) is 0 Å². The highest BCUT2D eigenvalue weighted by Gasteiger charge is 2.33. The number of piperidine rings is 1. The molecule has 0 radical (unpaired) electrons. The summed E-state index contributed by atoms with van der Waals surface area (Å²) in [5.74, 6) is -0.861. The fraction of sp³-hybridized carbons (Fsp3) is 0.929. The summed E-state index contributed by atoms with van der Waals surface area (Å²) < 4.78 is 5.34. The lowest BCUT2D eigenvalue weighted by atomic mass is 9.87. The standard InChI is InChI=1S/C14H29BN2O3/c1-20-12-4-9-17(10-5-12)11-7-14(16,13(18)19)6-2-3-8-15/h12H,2-11,15-16H2,1H3,(H,18,19). The second kappa shape index (κ2) is 8.65. The van der Waals surface area contributed by atoms with E-state index >= 15 is 0 Å². The molecule has 0 aromatic heterocycles. The molecule has 1 saturated heterocycles. The monoisotopic (exact) mass is 284 g/mol. The molecule has 1 atom stereocenters. The number of rotatable bonds is 9. The molecule has 0 aromatic carbocycles. The minimum Gasteiger partial charge on any atom is -0.480 e. The van der Waals surface area contributed by atoms with Crippen LogP contribution in [0.1, 0.15) is 38.5 Å². The molecule has 0 amide bonds. The zero-order valence-electron chi connectivity index (χ0n) is 12.9. The van der Waals surface area contributed by atoms with Gasteiger partial charge >= 0.3 is 5.97 Å². The van der Waals surface area contributed by atoms with Gasteiger partial charge in [0.25, 0.3) is 0 Å². The number of aliphatic carboxylic acids is 1. The summed E-state index contributed by atoms with van der Waals surface area (Å²) in [5.41, 5.74) is 5.04. The van der Waals surface area contributed by atoms with E-state index in [2.05, 4.69) is 12.7 Å². The van der Waals surface area contributed by atoms with Crippen LogP contribution in [-0.4, -0.2) is 62.2 Å². The van der Waals surface area contributed by atoms with Gasteiger partial charge in [0, 0.05) is 26.7 Å². The molecule has 5 nitrogen and oxygen atoms in total. The Morgan fingerprint density at radius 2 is 2.05 bits per heavy atom. The zero-order valence-corrected chi connectivity index (χ0v) is 12.9. The smallest absolute Gasteiger partial charge is 0.323 e. The molecule has 1 aliphatic rings. The van der Waals surface area contributed by atoms with Crippen LogP contribution in [0.3, 0.4) is 0 Å². The first-order valence-electron chi connectivity index (χ1n) is 7.79. The Labute approximate surface area is 123 Å². The number of carboxylic acid groups (broad SMARTS) is 1. The van der Waals surface area contributed by atoms with E-state index < -0.39 is 11.5 Å². The number of nitrogens with zero attached hydrogens (tertiary/aromatic N) is 1. The van der Waals surface area contributed by atoms with Gasteiger partial charge in [0.15, 0.2) is 0 Å². The molecule has 20 heavy (non-hydrogen) atoms. The first-order valence-corrected chi connectivity index (χ1v) is 7.79. The van der Waals surface area contributed by atoms with Gasteiger partial charge in [-0.1, -0.05) is 19.2 Å². The van der Waals surface area contributed by atoms with Crippen molar-refractivity contribution in [3.8, 4) is 0 Å². The summed E-state index contributed by atoms with van der Waals surface area (Å²) in [5, 5.41) is 9.38. The highest BCUT2D eigenvalue weighted by atomic mass is 16.5. The number of methoxy groups -OCH3 is 1. The van der Waals surface area contributed by atoms with Gasteiger partial charge in [0.1, 0.15) is 13.4 Å². The molecular formula is C14H29BN2O3. The van der Waals surface area contributed by atoms with Crippen molar-refractivity contribution in [2.24, 2.45) is 5.73 Å². The predicted octanol–water partition coefficient (Wildman–Crippen LogP) is 0.491. The van der Waals surface area contributed by atoms with Crippen molar-refractivity contribution >= 4 is 13.8 Å². The highest BCUT2D eigenvalue weighted by Crippen LogP contribution is 2.20. The Bertz CT molecular complexity index is 296. The van der Waals surface area contributed by atoms with E-state index in [0.717, 1.165) is 51.6 Å². The maximum Gasteiger partial charge on any atom is 0.323 e. The summed E-state index contributed by atoms with van der Waals surface area (Å²) in [4.78, 5) is 13.7. The van der Waals surface area contributed by atoms with Gasteiger partial charge in [-0.25, -0.2) is 0 Å².